The van der Waals surface area contributed by atoms with Crippen molar-refractivity contribution >= 4 is 33.9 Å². The number of aryl methyl sites for hydroxylation is 1. The molecule has 0 radical (unpaired) electrons. The number of hydrogen-bond acceptors (Lipinski definition) is 5. The van der Waals surface area contributed by atoms with E-state index in [1.165, 1.54) is 6.33 Å². The van der Waals surface area contributed by atoms with Crippen molar-refractivity contribution < 1.29 is 9.90 Å². The lowest BCUT2D eigenvalue weighted by Crippen LogP contribution is -2.09. The number of nitrogens with zero attached hydrogens (tertiary/aromatic N) is 4. The Hall–Kier alpha value is -2.70. The van der Waals surface area contributed by atoms with Gasteiger partial charge < -0.3 is 15.4 Å². The molecule has 19 heavy (non-hydrogen) atoms. The first-order valence-corrected chi connectivity index (χ1v) is 5.65. The van der Waals surface area contributed by atoms with Gasteiger partial charge in [-0.05, 0) is 18.6 Å². The summed E-state index contributed by atoms with van der Waals surface area (Å²) < 4.78 is 1.60. The number of pyridine rings is 1. The van der Waals surface area contributed by atoms with E-state index in [2.05, 4.69) is 15.0 Å². The van der Waals surface area contributed by atoms with Crippen LogP contribution in [-0.2, 0) is 11.3 Å². The van der Waals surface area contributed by atoms with Gasteiger partial charge in [0.05, 0.1) is 10.9 Å². The maximum Gasteiger partial charge on any atom is 0.323 e. The molecule has 0 aliphatic carbocycles. The Balaban J connectivity index is 2.55. The van der Waals surface area contributed by atoms with Gasteiger partial charge in [0, 0.05) is 6.20 Å². The van der Waals surface area contributed by atoms with E-state index in [4.69, 9.17) is 10.8 Å². The molecule has 3 N–H and O–H groups in total. The monoisotopic (exact) mass is 257 g/mol. The van der Waals surface area contributed by atoms with Crippen LogP contribution in [0.3, 0.4) is 0 Å². The summed E-state index contributed by atoms with van der Waals surface area (Å²) in [5.41, 5.74) is 8.64. The molecule has 3 aromatic heterocycles. The third-order valence-electron chi connectivity index (χ3n) is 3.04. The van der Waals surface area contributed by atoms with Crippen LogP contribution in [0, 0.1) is 6.92 Å². The van der Waals surface area contributed by atoms with Crippen molar-refractivity contribution in [3.05, 3.63) is 24.2 Å². The quantitative estimate of drug-likeness (QED) is 0.708. The lowest BCUT2D eigenvalue weighted by atomic mass is 10.2. The van der Waals surface area contributed by atoms with Crippen LogP contribution < -0.4 is 5.73 Å². The number of nitrogens with two attached hydrogens (primary N) is 1. The highest BCUT2D eigenvalue weighted by Crippen LogP contribution is 2.30. The molecule has 96 valence electrons. The SMILES string of the molecule is Cc1ccnc2c3c(N)ncnc3n(CC(=O)O)c12. The number of carbonyl (C=O) groups is 1. The van der Waals surface area contributed by atoms with Crippen LogP contribution >= 0.6 is 0 Å². The van der Waals surface area contributed by atoms with E-state index in [0.717, 1.165) is 11.1 Å². The van der Waals surface area contributed by atoms with Crippen molar-refractivity contribution in [1.82, 2.24) is 19.5 Å². The summed E-state index contributed by atoms with van der Waals surface area (Å²) in [6.07, 6.45) is 2.99. The molecule has 0 fully saturated rings. The van der Waals surface area contributed by atoms with Gasteiger partial charge in [-0.3, -0.25) is 9.78 Å². The van der Waals surface area contributed by atoms with Gasteiger partial charge in [-0.25, -0.2) is 9.97 Å². The summed E-state index contributed by atoms with van der Waals surface area (Å²) in [4.78, 5) is 23.4. The average Bonchev–Trinajstić information content (AvgIpc) is 2.66. The van der Waals surface area contributed by atoms with Crippen LogP contribution in [-0.4, -0.2) is 30.6 Å². The Morgan fingerprint density at radius 1 is 1.42 bits per heavy atom. The highest BCUT2D eigenvalue weighted by molar-refractivity contribution is 6.10. The first-order chi connectivity index (χ1) is 9.09. The molecule has 0 saturated carbocycles. The van der Waals surface area contributed by atoms with Crippen molar-refractivity contribution in [2.45, 2.75) is 13.5 Å². The normalized spacial score (nSPS) is 11.2. The van der Waals surface area contributed by atoms with E-state index >= 15 is 0 Å². The average molecular weight is 257 g/mol. The summed E-state index contributed by atoms with van der Waals surface area (Å²) in [6, 6.07) is 1.82. The second kappa shape index (κ2) is 3.91. The standard InChI is InChI=1S/C12H11N5O2/c1-6-2-3-14-9-8-11(13)15-5-16-12(8)17(10(6)9)4-7(18)19/h2-3,5H,4H2,1H3,(H,18,19)(H2,13,15,16). The fraction of sp³-hybridized carbons (Fsp3) is 0.167. The second-order valence-electron chi connectivity index (χ2n) is 4.26. The highest BCUT2D eigenvalue weighted by atomic mass is 16.4. The Morgan fingerprint density at radius 3 is 2.95 bits per heavy atom. The van der Waals surface area contributed by atoms with Gasteiger partial charge in [-0.2, -0.15) is 0 Å². The summed E-state index contributed by atoms with van der Waals surface area (Å²) in [5.74, 6) is -0.642. The number of hydrogen-bond donors (Lipinski definition) is 2. The van der Waals surface area contributed by atoms with Gasteiger partial charge in [0.25, 0.3) is 0 Å². The second-order valence-corrected chi connectivity index (χ2v) is 4.26. The molecule has 0 aromatic carbocycles. The maximum atomic E-state index is 11.0. The molecule has 3 aromatic rings. The number of anilines is 1. The van der Waals surface area contributed by atoms with Gasteiger partial charge in [-0.1, -0.05) is 0 Å². The van der Waals surface area contributed by atoms with Crippen LogP contribution in [0.25, 0.3) is 22.1 Å². The van der Waals surface area contributed by atoms with E-state index in [-0.39, 0.29) is 6.54 Å². The van der Waals surface area contributed by atoms with E-state index in [1.807, 2.05) is 13.0 Å². The highest BCUT2D eigenvalue weighted by Gasteiger charge is 2.18. The first kappa shape index (κ1) is 11.4. The van der Waals surface area contributed by atoms with Gasteiger partial charge in [0.2, 0.25) is 0 Å². The van der Waals surface area contributed by atoms with Crippen LogP contribution in [0.4, 0.5) is 5.82 Å². The fourth-order valence-electron chi connectivity index (χ4n) is 2.29. The largest absolute Gasteiger partial charge is 0.480 e. The van der Waals surface area contributed by atoms with Crippen LogP contribution in [0.15, 0.2) is 18.6 Å². The number of carboxylic acids is 1. The van der Waals surface area contributed by atoms with Gasteiger partial charge in [0.15, 0.2) is 0 Å². The van der Waals surface area contributed by atoms with Gasteiger partial charge >= 0.3 is 5.97 Å². The third-order valence-corrected chi connectivity index (χ3v) is 3.04. The summed E-state index contributed by atoms with van der Waals surface area (Å²) >= 11 is 0. The third kappa shape index (κ3) is 1.59. The molecule has 0 atom stereocenters. The summed E-state index contributed by atoms with van der Waals surface area (Å²) in [7, 11) is 0. The molecular formula is C12H11N5O2. The number of fused-ring (bicyclic) bond motifs is 3. The smallest absolute Gasteiger partial charge is 0.323 e. The molecule has 7 heteroatoms. The Kier molecular flexibility index (Phi) is 2.34. The number of carboxylic acid groups (broad SMARTS) is 1. The lowest BCUT2D eigenvalue weighted by molar-refractivity contribution is -0.137. The Morgan fingerprint density at radius 2 is 2.21 bits per heavy atom. The van der Waals surface area contributed by atoms with Gasteiger partial charge in [-0.15, -0.1) is 0 Å². The topological polar surface area (TPSA) is 107 Å². The molecule has 0 aliphatic rings. The minimum Gasteiger partial charge on any atom is -0.480 e. The van der Waals surface area contributed by atoms with Crippen LogP contribution in [0.1, 0.15) is 5.56 Å². The Bertz CT molecular complexity index is 809. The van der Waals surface area contributed by atoms with Crippen LogP contribution in [0.2, 0.25) is 0 Å². The predicted octanol–water partition coefficient (Wildman–Crippen LogP) is 0.955. The maximum absolute atomic E-state index is 11.0. The van der Waals surface area contributed by atoms with Crippen molar-refractivity contribution in [2.24, 2.45) is 0 Å². The molecule has 3 heterocycles. The van der Waals surface area contributed by atoms with E-state index in [0.29, 0.717) is 22.4 Å². The molecule has 0 aliphatic heterocycles. The minimum atomic E-state index is -0.945. The lowest BCUT2D eigenvalue weighted by Gasteiger charge is -2.04. The predicted molar refractivity (Wildman–Crippen MR) is 69.6 cm³/mol. The molecule has 7 nitrogen and oxygen atoms in total. The molecule has 0 spiro atoms. The van der Waals surface area contributed by atoms with Crippen LogP contribution in [0.5, 0.6) is 0 Å². The zero-order valence-corrected chi connectivity index (χ0v) is 10.2. The Labute approximate surface area is 107 Å². The van der Waals surface area contributed by atoms with E-state index in [1.54, 1.807) is 10.8 Å². The van der Waals surface area contributed by atoms with Crippen molar-refractivity contribution in [2.75, 3.05) is 5.73 Å². The van der Waals surface area contributed by atoms with E-state index in [9.17, 15) is 4.79 Å². The molecule has 0 bridgehead atoms. The molecular weight excluding hydrogens is 246 g/mol. The van der Waals surface area contributed by atoms with E-state index < -0.39 is 5.97 Å². The molecule has 0 unspecified atom stereocenters. The molecule has 0 saturated heterocycles. The summed E-state index contributed by atoms with van der Waals surface area (Å²) in [5, 5.41) is 9.65. The molecule has 0 amide bonds. The zero-order chi connectivity index (χ0) is 13.6. The fourth-order valence-corrected chi connectivity index (χ4v) is 2.29. The number of aromatic nitrogens is 4. The number of rotatable bonds is 2. The summed E-state index contributed by atoms with van der Waals surface area (Å²) in [6.45, 7) is 1.70. The first-order valence-electron chi connectivity index (χ1n) is 5.65. The zero-order valence-electron chi connectivity index (χ0n) is 10.2. The van der Waals surface area contributed by atoms with Gasteiger partial charge in [0.1, 0.15) is 29.9 Å². The minimum absolute atomic E-state index is 0.191. The number of nitrogen functional groups attached to an aromatic ring is 1. The molecule has 3 rings (SSSR count). The van der Waals surface area contributed by atoms with Crippen molar-refractivity contribution in [3.63, 3.8) is 0 Å². The number of aliphatic carboxylic acids is 1. The van der Waals surface area contributed by atoms with Crippen molar-refractivity contribution in [1.29, 1.82) is 0 Å². The van der Waals surface area contributed by atoms with Crippen molar-refractivity contribution in [3.8, 4) is 0 Å².